The number of sulfonamides is 1. The van der Waals surface area contributed by atoms with Gasteiger partial charge in [-0.1, -0.05) is 42.2 Å². The number of ether oxygens (including phenoxy) is 1. The molecule has 1 aliphatic rings. The number of aromatic nitrogens is 2. The van der Waals surface area contributed by atoms with Gasteiger partial charge in [-0.05, 0) is 48.9 Å². The summed E-state index contributed by atoms with van der Waals surface area (Å²) in [5.74, 6) is 5.65. The summed E-state index contributed by atoms with van der Waals surface area (Å²) in [4.78, 5) is 38.1. The minimum absolute atomic E-state index is 0.121. The maximum Gasteiger partial charge on any atom is 0.264 e. The molecule has 1 N–H and O–H groups in total. The third kappa shape index (κ3) is 7.99. The second-order valence-electron chi connectivity index (χ2n) is 10.1. The zero-order valence-electron chi connectivity index (χ0n) is 24.1. The van der Waals surface area contributed by atoms with E-state index >= 15 is 0 Å². The zero-order valence-corrected chi connectivity index (χ0v) is 25.0. The molecule has 2 amide bonds. The smallest absolute Gasteiger partial charge is 0.264 e. The molecule has 2 aromatic carbocycles. The van der Waals surface area contributed by atoms with E-state index in [1.807, 2.05) is 13.0 Å². The molecule has 0 atom stereocenters. The molecule has 0 unspecified atom stereocenters. The Labute approximate surface area is 256 Å². The molecule has 44 heavy (non-hydrogen) atoms. The fourth-order valence-corrected chi connectivity index (χ4v) is 5.81. The van der Waals surface area contributed by atoms with Gasteiger partial charge in [-0.25, -0.2) is 13.1 Å². The highest BCUT2D eigenvalue weighted by molar-refractivity contribution is 7.89. The molecule has 1 saturated heterocycles. The van der Waals surface area contributed by atoms with Gasteiger partial charge in [0.05, 0.1) is 24.1 Å². The van der Waals surface area contributed by atoms with Crippen LogP contribution in [0.15, 0.2) is 91.5 Å². The van der Waals surface area contributed by atoms with Crippen LogP contribution in [0.1, 0.15) is 44.3 Å². The van der Waals surface area contributed by atoms with Gasteiger partial charge in [0.15, 0.2) is 0 Å². The number of piperazine rings is 1. The number of pyridine rings is 2. The van der Waals surface area contributed by atoms with Crippen molar-refractivity contribution in [3.05, 3.63) is 119 Å². The van der Waals surface area contributed by atoms with Crippen molar-refractivity contribution in [2.24, 2.45) is 0 Å². The first-order valence-corrected chi connectivity index (χ1v) is 15.7. The van der Waals surface area contributed by atoms with Crippen molar-refractivity contribution in [2.45, 2.75) is 12.7 Å². The van der Waals surface area contributed by atoms with E-state index in [0.717, 1.165) is 5.69 Å². The van der Waals surface area contributed by atoms with Crippen LogP contribution in [-0.2, 0) is 15.8 Å². The van der Waals surface area contributed by atoms with Gasteiger partial charge in [0, 0.05) is 67.1 Å². The van der Waals surface area contributed by atoms with E-state index in [0.29, 0.717) is 60.8 Å². The molecule has 0 aliphatic carbocycles. The highest BCUT2D eigenvalue weighted by Gasteiger charge is 2.23. The lowest BCUT2D eigenvalue weighted by Crippen LogP contribution is -2.48. The number of amides is 2. The van der Waals surface area contributed by atoms with E-state index in [1.165, 1.54) is 0 Å². The second kappa shape index (κ2) is 13.8. The van der Waals surface area contributed by atoms with Gasteiger partial charge in [-0.3, -0.25) is 19.6 Å². The van der Waals surface area contributed by atoms with E-state index < -0.39 is 15.9 Å². The molecule has 224 valence electrons. The van der Waals surface area contributed by atoms with Crippen molar-refractivity contribution in [1.29, 1.82) is 0 Å². The predicted molar refractivity (Wildman–Crippen MR) is 167 cm³/mol. The molecule has 11 heteroatoms. The summed E-state index contributed by atoms with van der Waals surface area (Å²) in [5.41, 5.74) is 3.49. The number of carbonyl (C=O) groups excluding carboxylic acids is 2. The minimum Gasteiger partial charge on any atom is -0.492 e. The van der Waals surface area contributed by atoms with E-state index in [1.54, 1.807) is 90.4 Å². The maximum atomic E-state index is 13.2. The number of carbonyl (C=O) groups is 2. The van der Waals surface area contributed by atoms with E-state index in [4.69, 9.17) is 4.74 Å². The van der Waals surface area contributed by atoms with E-state index in [2.05, 4.69) is 31.4 Å². The summed E-state index contributed by atoms with van der Waals surface area (Å²) in [6, 6.07) is 19.0. The molecule has 5 rings (SSSR count). The highest BCUT2D eigenvalue weighted by Crippen LogP contribution is 2.19. The third-order valence-corrected chi connectivity index (χ3v) is 8.08. The van der Waals surface area contributed by atoms with Crippen LogP contribution in [0.4, 0.5) is 5.69 Å². The Morgan fingerprint density at radius 2 is 1.50 bits per heavy atom. The number of anilines is 1. The number of benzene rings is 2. The average molecular weight is 610 g/mol. The molecule has 2 aromatic heterocycles. The SMILES string of the molecule is CCOc1cncc(C#Cc2cncc(C(=O)N3CCN(c4ccc(C(=O)NS(=O)(=O)Cc5ccccc5)cc4)CC3)c2)c1. The van der Waals surface area contributed by atoms with Crippen molar-refractivity contribution in [1.82, 2.24) is 19.6 Å². The predicted octanol–water partition coefficient (Wildman–Crippen LogP) is 3.50. The Morgan fingerprint density at radius 1 is 0.841 bits per heavy atom. The largest absolute Gasteiger partial charge is 0.492 e. The van der Waals surface area contributed by atoms with Crippen LogP contribution in [0, 0.1) is 11.8 Å². The fraction of sp³-hybridized carbons (Fsp3) is 0.212. The molecule has 0 saturated carbocycles. The van der Waals surface area contributed by atoms with Crippen LogP contribution in [0.5, 0.6) is 5.75 Å². The Hall–Kier alpha value is -5.21. The van der Waals surface area contributed by atoms with Crippen LogP contribution in [0.3, 0.4) is 0 Å². The summed E-state index contributed by atoms with van der Waals surface area (Å²) in [7, 11) is -3.84. The first-order valence-electron chi connectivity index (χ1n) is 14.1. The maximum absolute atomic E-state index is 13.2. The summed E-state index contributed by atoms with van der Waals surface area (Å²) in [5, 5.41) is 0. The number of hydrogen-bond donors (Lipinski definition) is 1. The Bertz CT molecular complexity index is 1790. The molecular weight excluding hydrogens is 578 g/mol. The molecule has 1 aliphatic heterocycles. The normalized spacial score (nSPS) is 13.0. The lowest BCUT2D eigenvalue weighted by Gasteiger charge is -2.36. The second-order valence-corrected chi connectivity index (χ2v) is 11.8. The van der Waals surface area contributed by atoms with Crippen LogP contribution in [0.2, 0.25) is 0 Å². The summed E-state index contributed by atoms with van der Waals surface area (Å²) in [6.07, 6.45) is 6.44. The summed E-state index contributed by atoms with van der Waals surface area (Å²) < 4.78 is 32.5. The molecule has 3 heterocycles. The van der Waals surface area contributed by atoms with Crippen LogP contribution in [-0.4, -0.2) is 67.9 Å². The molecule has 0 bridgehead atoms. The third-order valence-electron chi connectivity index (χ3n) is 6.87. The van der Waals surface area contributed by atoms with Crippen molar-refractivity contribution in [3.63, 3.8) is 0 Å². The van der Waals surface area contributed by atoms with Crippen molar-refractivity contribution in [2.75, 3.05) is 37.7 Å². The van der Waals surface area contributed by atoms with Gasteiger partial charge >= 0.3 is 0 Å². The first kappa shape index (κ1) is 30.3. The lowest BCUT2D eigenvalue weighted by atomic mass is 10.1. The van der Waals surface area contributed by atoms with E-state index in [-0.39, 0.29) is 17.2 Å². The summed E-state index contributed by atoms with van der Waals surface area (Å²) >= 11 is 0. The minimum atomic E-state index is -3.84. The van der Waals surface area contributed by atoms with Gasteiger partial charge in [0.25, 0.3) is 11.8 Å². The number of hydrogen-bond acceptors (Lipinski definition) is 8. The summed E-state index contributed by atoms with van der Waals surface area (Å²) in [6.45, 7) is 4.64. The zero-order chi connectivity index (χ0) is 30.9. The molecule has 1 fully saturated rings. The molecular formula is C33H31N5O5S. The van der Waals surface area contributed by atoms with Gasteiger partial charge in [-0.15, -0.1) is 0 Å². The first-order chi connectivity index (χ1) is 21.3. The fourth-order valence-electron chi connectivity index (χ4n) is 4.71. The molecule has 0 radical (unpaired) electrons. The number of rotatable bonds is 8. The Kier molecular flexibility index (Phi) is 9.52. The van der Waals surface area contributed by atoms with Crippen LogP contribution < -0.4 is 14.4 Å². The average Bonchev–Trinajstić information content (AvgIpc) is 3.04. The van der Waals surface area contributed by atoms with E-state index in [9.17, 15) is 18.0 Å². The quantitative estimate of drug-likeness (QED) is 0.302. The van der Waals surface area contributed by atoms with Gasteiger partial charge in [0.1, 0.15) is 5.75 Å². The lowest BCUT2D eigenvalue weighted by molar-refractivity contribution is 0.0746. The van der Waals surface area contributed by atoms with Gasteiger partial charge < -0.3 is 14.5 Å². The van der Waals surface area contributed by atoms with Gasteiger partial charge in [-0.2, -0.15) is 0 Å². The van der Waals surface area contributed by atoms with Gasteiger partial charge in [0.2, 0.25) is 10.0 Å². The van der Waals surface area contributed by atoms with Crippen LogP contribution >= 0.6 is 0 Å². The van der Waals surface area contributed by atoms with Crippen molar-refractivity contribution >= 4 is 27.5 Å². The standard InChI is InChI=1S/C33H31N5O5S/c1-2-43-31-19-27(21-35-23-31)9-8-26-18-29(22-34-20-26)33(40)38-16-14-37(15-17-38)30-12-10-28(11-13-30)32(39)36-44(41,42)24-25-6-4-3-5-7-25/h3-7,10-13,18-23H,2,14-17,24H2,1H3,(H,36,39). The Balaban J connectivity index is 1.15. The number of nitrogens with zero attached hydrogens (tertiary/aromatic N) is 4. The molecule has 4 aromatic rings. The Morgan fingerprint density at radius 3 is 2.18 bits per heavy atom. The monoisotopic (exact) mass is 609 g/mol. The molecule has 0 spiro atoms. The number of nitrogens with one attached hydrogen (secondary N) is 1. The molecule has 10 nitrogen and oxygen atoms in total. The van der Waals surface area contributed by atoms with Crippen molar-refractivity contribution < 1.29 is 22.7 Å². The van der Waals surface area contributed by atoms with Crippen molar-refractivity contribution in [3.8, 4) is 17.6 Å². The highest BCUT2D eigenvalue weighted by atomic mass is 32.2. The van der Waals surface area contributed by atoms with Crippen LogP contribution in [0.25, 0.3) is 0 Å². The topological polar surface area (TPSA) is 122 Å².